The topological polar surface area (TPSA) is 3.88 Å². The van der Waals surface area contributed by atoms with Crippen LogP contribution in [0.2, 0.25) is 19.6 Å². The fraction of sp³-hybridized carbons (Fsp3) is 0.353. The third-order valence-electron chi connectivity index (χ3n) is 4.19. The normalized spacial score (nSPS) is 16.4. The second kappa shape index (κ2) is 4.27. The van der Waals surface area contributed by atoms with Crippen molar-refractivity contribution in [2.24, 2.45) is 0 Å². The molecule has 0 fully saturated rings. The zero-order valence-electron chi connectivity index (χ0n) is 13.1. The van der Waals surface area contributed by atoms with Crippen molar-refractivity contribution in [3.05, 3.63) is 42.5 Å². The van der Waals surface area contributed by atoms with Gasteiger partial charge in [0.2, 0.25) is 5.69 Å². The molecule has 1 aromatic heterocycles. The van der Waals surface area contributed by atoms with Gasteiger partial charge in [-0.1, -0.05) is 31.8 Å². The first-order valence-corrected chi connectivity index (χ1v) is 10.8. The Balaban J connectivity index is 2.33. The van der Waals surface area contributed by atoms with E-state index in [9.17, 15) is 0 Å². The molecule has 1 aliphatic rings. The van der Waals surface area contributed by atoms with Gasteiger partial charge in [-0.3, -0.25) is 0 Å². The number of para-hydroxylation sites is 1. The van der Waals surface area contributed by atoms with Crippen LogP contribution in [0, 0.1) is 0 Å². The van der Waals surface area contributed by atoms with E-state index in [4.69, 9.17) is 0 Å². The van der Waals surface area contributed by atoms with Gasteiger partial charge in [-0.05, 0) is 18.2 Å². The first kappa shape index (κ1) is 13.5. The molecular weight excluding hydrogens is 260 g/mol. The van der Waals surface area contributed by atoms with Gasteiger partial charge in [-0.25, -0.2) is 4.48 Å². The summed E-state index contributed by atoms with van der Waals surface area (Å²) in [5.41, 5.74) is 4.17. The van der Waals surface area contributed by atoms with E-state index in [1.165, 1.54) is 22.3 Å². The van der Waals surface area contributed by atoms with Gasteiger partial charge >= 0.3 is 0 Å². The molecule has 0 saturated carbocycles. The molecule has 0 radical (unpaired) electrons. The summed E-state index contributed by atoms with van der Waals surface area (Å²) in [5.74, 6) is 0. The summed E-state index contributed by atoms with van der Waals surface area (Å²) in [5, 5.41) is 1.54. The second-order valence-corrected chi connectivity index (χ2v) is 12.3. The van der Waals surface area contributed by atoms with Gasteiger partial charge in [0.15, 0.2) is 19.1 Å². The molecule has 0 N–H and O–H groups in total. The molecule has 1 aliphatic heterocycles. The van der Waals surface area contributed by atoms with Crippen molar-refractivity contribution in [2.75, 3.05) is 14.1 Å². The van der Waals surface area contributed by atoms with Crippen molar-refractivity contribution in [3.63, 3.8) is 0 Å². The Bertz CT molecular complexity index is 669. The van der Waals surface area contributed by atoms with Crippen molar-refractivity contribution in [2.45, 2.75) is 26.3 Å². The summed E-state index contributed by atoms with van der Waals surface area (Å²) >= 11 is 0. The fourth-order valence-electron chi connectivity index (χ4n) is 3.23. The Labute approximate surface area is 122 Å². The lowest BCUT2D eigenvalue weighted by Crippen LogP contribution is -2.69. The largest absolute Gasteiger partial charge is 0.280 e. The van der Waals surface area contributed by atoms with Crippen LogP contribution in [0.4, 0.5) is 5.69 Å². The number of nitrogens with zero attached hydrogens (tertiary/aromatic N) is 2. The van der Waals surface area contributed by atoms with E-state index in [0.717, 1.165) is 11.2 Å². The molecule has 104 valence electrons. The molecule has 20 heavy (non-hydrogen) atoms. The lowest BCUT2D eigenvalue weighted by atomic mass is 10.0. The highest BCUT2D eigenvalue weighted by Gasteiger charge is 2.40. The first-order chi connectivity index (χ1) is 9.31. The highest BCUT2D eigenvalue weighted by Crippen LogP contribution is 2.34. The number of hydrogen-bond acceptors (Lipinski definition) is 0. The number of quaternary nitrogens is 1. The van der Waals surface area contributed by atoms with Crippen LogP contribution in [0.15, 0.2) is 42.5 Å². The van der Waals surface area contributed by atoms with E-state index in [2.05, 4.69) is 80.8 Å². The van der Waals surface area contributed by atoms with Crippen LogP contribution in [0.1, 0.15) is 0 Å². The van der Waals surface area contributed by atoms with E-state index in [0.29, 0.717) is 0 Å². The molecule has 3 rings (SSSR count). The van der Waals surface area contributed by atoms with Gasteiger partial charge in [0.25, 0.3) is 6.67 Å². The Kier molecular flexibility index (Phi) is 2.89. The van der Waals surface area contributed by atoms with Crippen LogP contribution in [0.5, 0.6) is 0 Å². The van der Waals surface area contributed by atoms with Crippen molar-refractivity contribution in [1.29, 1.82) is 0 Å². The zero-order chi connectivity index (χ0) is 14.5. The second-order valence-electron chi connectivity index (χ2n) is 7.32. The molecule has 0 atom stereocenters. The summed E-state index contributed by atoms with van der Waals surface area (Å²) in [6.45, 7) is 8.30. The molecule has 1 aromatic carbocycles. The number of fused-ring (bicyclic) bond motifs is 3. The van der Waals surface area contributed by atoms with Gasteiger partial charge in [0.05, 0.1) is 14.1 Å². The van der Waals surface area contributed by atoms with Crippen molar-refractivity contribution < 1.29 is 4.57 Å². The maximum atomic E-state index is 2.55. The predicted octanol–water partition coefficient (Wildman–Crippen LogP) is 2.72. The quantitative estimate of drug-likeness (QED) is 0.431. The van der Waals surface area contributed by atoms with Gasteiger partial charge < -0.3 is 0 Å². The minimum atomic E-state index is -1.34. The molecule has 2 aromatic rings. The number of aromatic nitrogens is 1. The van der Waals surface area contributed by atoms with Gasteiger partial charge in [-0.2, -0.15) is 4.57 Å². The standard InChI is InChI=1S/C17H24N2Si/c1-19(2)13-18-15(14-9-6-7-11-16(14)19)10-8-12-17(18)20(3,4)5/h6-12H,13H2,1-5H3/q+2. The van der Waals surface area contributed by atoms with E-state index < -0.39 is 8.07 Å². The smallest absolute Gasteiger partial charge is 0.240 e. The highest BCUT2D eigenvalue weighted by atomic mass is 28.3. The third-order valence-corrected chi connectivity index (χ3v) is 6.16. The number of rotatable bonds is 1. The van der Waals surface area contributed by atoms with E-state index in [-0.39, 0.29) is 0 Å². The van der Waals surface area contributed by atoms with E-state index in [1.807, 2.05) is 0 Å². The third kappa shape index (κ3) is 2.02. The van der Waals surface area contributed by atoms with Crippen LogP contribution < -0.4 is 14.4 Å². The number of benzene rings is 1. The van der Waals surface area contributed by atoms with E-state index >= 15 is 0 Å². The molecule has 2 nitrogen and oxygen atoms in total. The van der Waals surface area contributed by atoms with Crippen molar-refractivity contribution in [1.82, 2.24) is 4.48 Å². The molecule has 3 heteroatoms. The molecule has 2 heterocycles. The van der Waals surface area contributed by atoms with Gasteiger partial charge in [0, 0.05) is 12.1 Å². The summed E-state index contributed by atoms with van der Waals surface area (Å²) in [6.07, 6.45) is 0. The molecular formula is C17H24N2Si+2. The van der Waals surface area contributed by atoms with Crippen LogP contribution in [0.3, 0.4) is 0 Å². The highest BCUT2D eigenvalue weighted by molar-refractivity contribution is 6.87. The number of hydrogen-bond donors (Lipinski definition) is 0. The summed E-state index contributed by atoms with van der Waals surface area (Å²) < 4.78 is 3.46. The van der Waals surface area contributed by atoms with Crippen LogP contribution in [-0.4, -0.2) is 22.2 Å². The molecule has 0 spiro atoms. The molecule has 0 unspecified atom stereocenters. The Hall–Kier alpha value is -1.45. The maximum absolute atomic E-state index is 2.55. The van der Waals surface area contributed by atoms with E-state index in [1.54, 1.807) is 0 Å². The average molecular weight is 284 g/mol. The fourth-order valence-corrected chi connectivity index (χ4v) is 4.83. The Morgan fingerprint density at radius 1 is 0.950 bits per heavy atom. The molecule has 0 bridgehead atoms. The number of pyridine rings is 1. The van der Waals surface area contributed by atoms with Crippen LogP contribution in [0.25, 0.3) is 11.3 Å². The summed E-state index contributed by atoms with van der Waals surface area (Å²) in [6, 6.07) is 15.6. The van der Waals surface area contributed by atoms with Crippen molar-refractivity contribution >= 4 is 19.1 Å². The predicted molar refractivity (Wildman–Crippen MR) is 88.7 cm³/mol. The summed E-state index contributed by atoms with van der Waals surface area (Å²) in [7, 11) is 3.26. The van der Waals surface area contributed by atoms with Crippen LogP contribution in [-0.2, 0) is 6.67 Å². The lowest BCUT2D eigenvalue weighted by molar-refractivity contribution is -0.688. The Morgan fingerprint density at radius 2 is 1.65 bits per heavy atom. The lowest BCUT2D eigenvalue weighted by Gasteiger charge is -2.33. The first-order valence-electron chi connectivity index (χ1n) is 7.27. The molecule has 0 amide bonds. The minimum absolute atomic E-state index is 0.912. The Morgan fingerprint density at radius 3 is 2.35 bits per heavy atom. The molecule has 0 saturated heterocycles. The van der Waals surface area contributed by atoms with Crippen LogP contribution >= 0.6 is 0 Å². The zero-order valence-corrected chi connectivity index (χ0v) is 14.1. The minimum Gasteiger partial charge on any atom is -0.240 e. The summed E-state index contributed by atoms with van der Waals surface area (Å²) in [4.78, 5) is 0. The van der Waals surface area contributed by atoms with Gasteiger partial charge in [-0.15, -0.1) is 0 Å². The van der Waals surface area contributed by atoms with Crippen molar-refractivity contribution in [3.8, 4) is 11.3 Å². The SMILES string of the molecule is C[N+]1(C)C[n+]2c(cccc2[Si](C)(C)C)-c2ccccc21. The maximum Gasteiger partial charge on any atom is 0.280 e. The average Bonchev–Trinajstić information content (AvgIpc) is 2.37. The molecule has 0 aliphatic carbocycles. The monoisotopic (exact) mass is 284 g/mol. The van der Waals surface area contributed by atoms with Gasteiger partial charge in [0.1, 0.15) is 5.56 Å².